The van der Waals surface area contributed by atoms with Crippen molar-refractivity contribution in [1.82, 2.24) is 15.2 Å². The van der Waals surface area contributed by atoms with E-state index in [1.807, 2.05) is 19.1 Å². The molecule has 0 spiro atoms. The summed E-state index contributed by atoms with van der Waals surface area (Å²) in [4.78, 5) is 22.1. The molecule has 12 heteroatoms. The highest BCUT2D eigenvalue weighted by molar-refractivity contribution is 7.81. The summed E-state index contributed by atoms with van der Waals surface area (Å²) in [7, 11) is 0. The number of hydrogen-bond acceptors (Lipinski definition) is 7. The van der Waals surface area contributed by atoms with Crippen molar-refractivity contribution in [1.29, 1.82) is 5.26 Å². The number of hydrogen-bond donors (Lipinski definition) is 1. The topological polar surface area (TPSA) is 84.7 Å². The lowest BCUT2D eigenvalue weighted by Crippen LogP contribution is -2.50. The first-order valence-electron chi connectivity index (χ1n) is 12.8. The maximum absolute atomic E-state index is 13.6. The van der Waals surface area contributed by atoms with Gasteiger partial charge in [0, 0.05) is 37.9 Å². The van der Waals surface area contributed by atoms with E-state index >= 15 is 0 Å². The molecule has 2 saturated heterocycles. The maximum Gasteiger partial charge on any atom is 0.419 e. The number of rotatable bonds is 7. The van der Waals surface area contributed by atoms with Crippen molar-refractivity contribution in [3.05, 3.63) is 47.3 Å². The zero-order valence-corrected chi connectivity index (χ0v) is 23.1. The van der Waals surface area contributed by atoms with Gasteiger partial charge in [0.2, 0.25) is 0 Å². The van der Waals surface area contributed by atoms with Gasteiger partial charge >= 0.3 is 6.18 Å². The highest BCUT2D eigenvalue weighted by Crippen LogP contribution is 2.40. The number of ether oxygens (including phenoxy) is 1. The summed E-state index contributed by atoms with van der Waals surface area (Å²) in [6.45, 7) is 11.7. The Morgan fingerprint density at radius 3 is 2.67 bits per heavy atom. The molecule has 0 aliphatic carbocycles. The number of carbonyl (C=O) groups excluding carboxylic acids is 1. The number of halogens is 3. The molecule has 4 rings (SSSR count). The second-order valence-electron chi connectivity index (χ2n) is 10.2. The Kier molecular flexibility index (Phi) is 8.16. The van der Waals surface area contributed by atoms with Crippen molar-refractivity contribution >= 4 is 34.6 Å². The Labute approximate surface area is 231 Å². The molecule has 2 fully saturated rings. The molecule has 1 N–H and O–H groups in total. The largest absolute Gasteiger partial charge is 0.492 e. The Hall–Kier alpha value is -3.27. The van der Waals surface area contributed by atoms with E-state index in [-0.39, 0.29) is 10.8 Å². The van der Waals surface area contributed by atoms with Crippen molar-refractivity contribution in [2.75, 3.05) is 42.6 Å². The van der Waals surface area contributed by atoms with E-state index in [2.05, 4.69) is 22.1 Å². The van der Waals surface area contributed by atoms with Crippen LogP contribution in [-0.2, 0) is 17.4 Å². The van der Waals surface area contributed by atoms with Crippen molar-refractivity contribution in [3.63, 3.8) is 0 Å². The number of aromatic nitrogens is 1. The van der Waals surface area contributed by atoms with Gasteiger partial charge in [-0.15, -0.1) is 0 Å². The lowest BCUT2D eigenvalue weighted by molar-refractivity contribution is -0.138. The minimum absolute atomic E-state index is 0.0215. The summed E-state index contributed by atoms with van der Waals surface area (Å²) in [5.74, 6) is 0.234. The molecule has 3 heterocycles. The Morgan fingerprint density at radius 1 is 1.28 bits per heavy atom. The van der Waals surface area contributed by atoms with Crippen molar-refractivity contribution in [3.8, 4) is 11.8 Å². The SMILES string of the molecule is CCc1cc(N2C(=S)N(c3cnc(C#N)c(C(F)(F)F)c3)C(=O)C2(C)C)ccc1OCCN1CCNC(C)C1. The van der Waals surface area contributed by atoms with Crippen LogP contribution < -0.4 is 19.9 Å². The summed E-state index contributed by atoms with van der Waals surface area (Å²) >= 11 is 5.63. The summed E-state index contributed by atoms with van der Waals surface area (Å²) in [5.41, 5.74) is -1.78. The third-order valence-corrected chi connectivity index (χ3v) is 7.38. The van der Waals surface area contributed by atoms with Gasteiger partial charge in [0.1, 0.15) is 24.0 Å². The third kappa shape index (κ3) is 5.71. The minimum atomic E-state index is -4.82. The van der Waals surface area contributed by atoms with Crippen LogP contribution in [0.15, 0.2) is 30.5 Å². The van der Waals surface area contributed by atoms with Gasteiger partial charge in [-0.05, 0) is 69.2 Å². The first-order valence-corrected chi connectivity index (χ1v) is 13.2. The summed E-state index contributed by atoms with van der Waals surface area (Å²) in [5, 5.41) is 12.5. The summed E-state index contributed by atoms with van der Waals surface area (Å²) in [6, 6.07) is 8.16. The number of nitrogens with zero attached hydrogens (tertiary/aromatic N) is 5. The Morgan fingerprint density at radius 2 is 2.03 bits per heavy atom. The zero-order chi connectivity index (χ0) is 28.5. The van der Waals surface area contributed by atoms with Crippen LogP contribution in [-0.4, -0.2) is 65.3 Å². The van der Waals surface area contributed by atoms with Gasteiger partial charge in [-0.25, -0.2) is 4.98 Å². The molecular weight excluding hydrogens is 529 g/mol. The molecule has 8 nitrogen and oxygen atoms in total. The van der Waals surface area contributed by atoms with Crippen molar-refractivity contribution in [2.45, 2.75) is 51.9 Å². The van der Waals surface area contributed by atoms with Gasteiger partial charge in [-0.2, -0.15) is 18.4 Å². The van der Waals surface area contributed by atoms with Crippen LogP contribution in [0.3, 0.4) is 0 Å². The molecule has 39 heavy (non-hydrogen) atoms. The van der Waals surface area contributed by atoms with E-state index in [9.17, 15) is 18.0 Å². The van der Waals surface area contributed by atoms with Crippen molar-refractivity contribution in [2.24, 2.45) is 0 Å². The standard InChI is InChI=1S/C27H31F3N6O2S/c1-5-18-12-19(6-7-23(18)38-11-10-34-9-8-32-17(2)16-34)36-25(39)35(24(37)26(36,3)4)20-13-21(27(28,29)30)22(14-31)33-15-20/h6-7,12-13,15,17,32H,5,8-11,16H2,1-4H3. The van der Waals surface area contributed by atoms with Crippen LogP contribution in [0.2, 0.25) is 0 Å². The molecule has 2 aliphatic heterocycles. The van der Waals surface area contributed by atoms with E-state index in [0.717, 1.165) is 54.7 Å². The maximum atomic E-state index is 13.6. The quantitative estimate of drug-likeness (QED) is 0.507. The molecule has 1 atom stereocenters. The molecule has 0 bridgehead atoms. The Balaban J connectivity index is 1.58. The van der Waals surface area contributed by atoms with E-state index in [4.69, 9.17) is 22.2 Å². The predicted octanol–water partition coefficient (Wildman–Crippen LogP) is 4.12. The Bertz CT molecular complexity index is 1310. The molecule has 0 radical (unpaired) electrons. The monoisotopic (exact) mass is 560 g/mol. The number of carbonyl (C=O) groups is 1. The van der Waals surface area contributed by atoms with Gasteiger partial charge < -0.3 is 15.0 Å². The normalized spacial score (nSPS) is 19.9. The molecule has 0 saturated carbocycles. The second-order valence-corrected chi connectivity index (χ2v) is 10.5. The number of nitrogens with one attached hydrogen (secondary N) is 1. The molecule has 2 aliphatic rings. The van der Waals surface area contributed by atoms with E-state index < -0.39 is 28.9 Å². The summed E-state index contributed by atoms with van der Waals surface area (Å²) in [6.07, 6.45) is -3.09. The van der Waals surface area contributed by atoms with E-state index in [0.29, 0.717) is 24.8 Å². The lowest BCUT2D eigenvalue weighted by atomic mass is 10.0. The van der Waals surface area contributed by atoms with Gasteiger partial charge in [0.05, 0.1) is 17.4 Å². The number of amides is 1. The van der Waals surface area contributed by atoms with Crippen LogP contribution in [0, 0.1) is 11.3 Å². The highest BCUT2D eigenvalue weighted by Gasteiger charge is 2.51. The number of benzene rings is 1. The van der Waals surface area contributed by atoms with Crippen LogP contribution in [0.1, 0.15) is 44.5 Å². The van der Waals surface area contributed by atoms with E-state index in [1.54, 1.807) is 24.8 Å². The van der Waals surface area contributed by atoms with Crippen LogP contribution in [0.4, 0.5) is 24.5 Å². The summed E-state index contributed by atoms with van der Waals surface area (Å²) < 4.78 is 46.8. The molecule has 1 amide bonds. The minimum Gasteiger partial charge on any atom is -0.492 e. The number of aryl methyl sites for hydroxylation is 1. The van der Waals surface area contributed by atoms with Gasteiger partial charge in [0.25, 0.3) is 5.91 Å². The van der Waals surface area contributed by atoms with Crippen LogP contribution in [0.5, 0.6) is 5.75 Å². The average molecular weight is 561 g/mol. The van der Waals surface area contributed by atoms with Crippen LogP contribution in [0.25, 0.3) is 0 Å². The number of thiocarbonyl (C=S) groups is 1. The first kappa shape index (κ1) is 28.7. The molecule has 1 aromatic carbocycles. The molecule has 1 unspecified atom stereocenters. The average Bonchev–Trinajstić information content (AvgIpc) is 3.06. The smallest absolute Gasteiger partial charge is 0.419 e. The molecule has 2 aromatic rings. The first-order chi connectivity index (χ1) is 18.4. The van der Waals surface area contributed by atoms with Gasteiger partial charge in [0.15, 0.2) is 10.8 Å². The fraction of sp³-hybridized carbons (Fsp3) is 0.481. The van der Waals surface area contributed by atoms with E-state index in [1.165, 1.54) is 6.07 Å². The molecule has 208 valence electrons. The third-order valence-electron chi connectivity index (χ3n) is 7.01. The predicted molar refractivity (Wildman–Crippen MR) is 146 cm³/mol. The lowest BCUT2D eigenvalue weighted by Gasteiger charge is -2.32. The number of pyridine rings is 1. The molecule has 1 aromatic heterocycles. The fourth-order valence-corrected chi connectivity index (χ4v) is 5.48. The number of nitriles is 1. The van der Waals surface area contributed by atoms with Crippen LogP contribution >= 0.6 is 12.2 Å². The van der Waals surface area contributed by atoms with Gasteiger partial charge in [-0.3, -0.25) is 14.6 Å². The van der Waals surface area contributed by atoms with Gasteiger partial charge in [-0.1, -0.05) is 6.92 Å². The number of alkyl halides is 3. The fourth-order valence-electron chi connectivity index (χ4n) is 4.96. The highest BCUT2D eigenvalue weighted by atomic mass is 32.1. The zero-order valence-electron chi connectivity index (χ0n) is 22.3. The number of piperazine rings is 1. The van der Waals surface area contributed by atoms with Crippen molar-refractivity contribution < 1.29 is 22.7 Å². The second kappa shape index (κ2) is 11.1. The molecular formula is C27H31F3N6O2S. The number of anilines is 2.